The van der Waals surface area contributed by atoms with Crippen molar-refractivity contribution < 1.29 is 13.2 Å². The Morgan fingerprint density at radius 2 is 2.04 bits per heavy atom. The average molecular weight is 364 g/mol. The second-order valence-electron chi connectivity index (χ2n) is 6.36. The number of thiazole rings is 1. The van der Waals surface area contributed by atoms with Gasteiger partial charge in [0.2, 0.25) is 5.91 Å². The van der Waals surface area contributed by atoms with Gasteiger partial charge >= 0.3 is 0 Å². The van der Waals surface area contributed by atoms with Gasteiger partial charge in [0.25, 0.3) is 0 Å². The number of hydrogen-bond donors (Lipinski definition) is 1. The van der Waals surface area contributed by atoms with Crippen molar-refractivity contribution in [1.82, 2.24) is 4.98 Å². The predicted molar refractivity (Wildman–Crippen MR) is 95.2 cm³/mol. The Morgan fingerprint density at radius 3 is 2.75 bits per heavy atom. The van der Waals surface area contributed by atoms with Crippen LogP contribution in [0.4, 0.5) is 5.13 Å². The van der Waals surface area contributed by atoms with E-state index < -0.39 is 21.5 Å². The highest BCUT2D eigenvalue weighted by Crippen LogP contribution is 2.32. The molecule has 7 heteroatoms. The molecule has 0 fully saturated rings. The zero-order valence-corrected chi connectivity index (χ0v) is 15.3. The molecule has 5 nitrogen and oxygen atoms in total. The lowest BCUT2D eigenvalue weighted by Crippen LogP contribution is -2.23. The van der Waals surface area contributed by atoms with Gasteiger partial charge in [0.15, 0.2) is 15.0 Å². The van der Waals surface area contributed by atoms with Crippen molar-refractivity contribution in [2.75, 3.05) is 11.1 Å². The third kappa shape index (κ3) is 3.84. The average Bonchev–Trinajstić information content (AvgIpc) is 2.88. The molecule has 1 N–H and O–H groups in total. The van der Waals surface area contributed by atoms with Gasteiger partial charge in [0.1, 0.15) is 5.75 Å². The number of sulfone groups is 1. The predicted octanol–water partition coefficient (Wildman–Crippen LogP) is 2.99. The first-order valence-corrected chi connectivity index (χ1v) is 10.4. The van der Waals surface area contributed by atoms with Crippen molar-refractivity contribution in [3.63, 3.8) is 0 Å². The van der Waals surface area contributed by atoms with E-state index in [1.54, 1.807) is 12.1 Å². The summed E-state index contributed by atoms with van der Waals surface area (Å²) >= 11 is 1.45. The third-order valence-electron chi connectivity index (χ3n) is 4.13. The van der Waals surface area contributed by atoms with Crippen LogP contribution in [-0.4, -0.2) is 25.1 Å². The summed E-state index contributed by atoms with van der Waals surface area (Å²) in [7, 11) is -3.64. The molecule has 1 atom stereocenters. The van der Waals surface area contributed by atoms with Crippen molar-refractivity contribution in [1.29, 1.82) is 0 Å². The van der Waals surface area contributed by atoms with Crippen LogP contribution in [0.5, 0.6) is 0 Å². The first-order chi connectivity index (χ1) is 11.3. The van der Waals surface area contributed by atoms with Crippen LogP contribution in [0, 0.1) is 12.8 Å². The third-order valence-corrected chi connectivity index (χ3v) is 6.80. The molecule has 1 aliphatic rings. The molecule has 1 aromatic heterocycles. The number of nitrogens with one attached hydrogen (secondary N) is 1. The summed E-state index contributed by atoms with van der Waals surface area (Å²) in [6.07, 6.45) is 3.00. The van der Waals surface area contributed by atoms with Crippen LogP contribution in [0.2, 0.25) is 0 Å². The lowest BCUT2D eigenvalue weighted by atomic mass is 9.93. The molecule has 3 rings (SSSR count). The maximum Gasteiger partial charge on any atom is 0.241 e. The lowest BCUT2D eigenvalue weighted by Gasteiger charge is -2.15. The van der Waals surface area contributed by atoms with Gasteiger partial charge in [-0.3, -0.25) is 4.79 Å². The van der Waals surface area contributed by atoms with Gasteiger partial charge in [-0.2, -0.15) is 0 Å². The second kappa shape index (κ2) is 6.64. The number of anilines is 1. The SMILES string of the molecule is Cc1ccc(S(=O)(=O)CC(=O)Nc2nc3c(s2)CC(C)CC3)cc1. The van der Waals surface area contributed by atoms with E-state index in [0.717, 1.165) is 30.5 Å². The van der Waals surface area contributed by atoms with Crippen LogP contribution >= 0.6 is 11.3 Å². The zero-order valence-electron chi connectivity index (χ0n) is 13.7. The number of amides is 1. The Kier molecular flexibility index (Phi) is 4.73. The highest BCUT2D eigenvalue weighted by atomic mass is 32.2. The van der Waals surface area contributed by atoms with E-state index in [1.807, 2.05) is 6.92 Å². The van der Waals surface area contributed by atoms with Crippen LogP contribution in [0.25, 0.3) is 0 Å². The maximum absolute atomic E-state index is 12.3. The Morgan fingerprint density at radius 1 is 1.33 bits per heavy atom. The summed E-state index contributed by atoms with van der Waals surface area (Å²) in [5.41, 5.74) is 2.01. The molecule has 1 amide bonds. The largest absolute Gasteiger partial charge is 0.301 e. The van der Waals surface area contributed by atoms with E-state index in [4.69, 9.17) is 0 Å². The van der Waals surface area contributed by atoms with Gasteiger partial charge in [-0.05, 0) is 44.2 Å². The highest BCUT2D eigenvalue weighted by molar-refractivity contribution is 7.92. The molecule has 0 radical (unpaired) electrons. The molecular weight excluding hydrogens is 344 g/mol. The minimum atomic E-state index is -3.64. The van der Waals surface area contributed by atoms with Gasteiger partial charge in [0, 0.05) is 4.88 Å². The van der Waals surface area contributed by atoms with E-state index >= 15 is 0 Å². The number of rotatable bonds is 4. The van der Waals surface area contributed by atoms with Crippen LogP contribution < -0.4 is 5.32 Å². The lowest BCUT2D eigenvalue weighted by molar-refractivity contribution is -0.113. The van der Waals surface area contributed by atoms with Gasteiger partial charge in [0.05, 0.1) is 10.6 Å². The van der Waals surface area contributed by atoms with Crippen molar-refractivity contribution in [2.24, 2.45) is 5.92 Å². The summed E-state index contributed by atoms with van der Waals surface area (Å²) in [6, 6.07) is 6.50. The van der Waals surface area contributed by atoms with E-state index in [0.29, 0.717) is 11.0 Å². The number of nitrogens with zero attached hydrogens (tertiary/aromatic N) is 1. The Hall–Kier alpha value is -1.73. The summed E-state index contributed by atoms with van der Waals surface area (Å²) in [5.74, 6) is -0.491. The molecule has 0 saturated carbocycles. The number of aromatic nitrogens is 1. The maximum atomic E-state index is 12.3. The second-order valence-corrected chi connectivity index (χ2v) is 9.43. The molecule has 0 spiro atoms. The van der Waals surface area contributed by atoms with Gasteiger partial charge in [-0.1, -0.05) is 24.6 Å². The summed E-state index contributed by atoms with van der Waals surface area (Å²) in [6.45, 7) is 4.09. The number of carbonyl (C=O) groups is 1. The molecule has 1 heterocycles. The van der Waals surface area contributed by atoms with E-state index in [9.17, 15) is 13.2 Å². The van der Waals surface area contributed by atoms with Crippen molar-refractivity contribution in [2.45, 2.75) is 38.0 Å². The van der Waals surface area contributed by atoms with E-state index in [2.05, 4.69) is 17.2 Å². The van der Waals surface area contributed by atoms with Gasteiger partial charge in [-0.15, -0.1) is 11.3 Å². The monoisotopic (exact) mass is 364 g/mol. The molecule has 0 bridgehead atoms. The molecule has 1 aliphatic carbocycles. The first kappa shape index (κ1) is 17.1. The molecule has 0 aliphatic heterocycles. The standard InChI is InChI=1S/C17H20N2O3S2/c1-11-3-6-13(7-4-11)24(21,22)10-16(20)19-17-18-14-8-5-12(2)9-15(14)23-17/h3-4,6-7,12H,5,8-10H2,1-2H3,(H,18,19,20). The molecule has 1 unspecified atom stereocenters. The summed E-state index contributed by atoms with van der Waals surface area (Å²) < 4.78 is 24.6. The molecule has 24 heavy (non-hydrogen) atoms. The quantitative estimate of drug-likeness (QED) is 0.905. The van der Waals surface area contributed by atoms with Gasteiger partial charge in [-0.25, -0.2) is 13.4 Å². The topological polar surface area (TPSA) is 76.1 Å². The van der Waals surface area contributed by atoms with E-state index in [-0.39, 0.29) is 4.90 Å². The Balaban J connectivity index is 1.68. The number of aryl methyl sites for hydroxylation is 2. The Bertz CT molecular complexity index is 854. The minimum Gasteiger partial charge on any atom is -0.301 e. The van der Waals surface area contributed by atoms with Crippen LogP contribution in [0.15, 0.2) is 29.2 Å². The fourth-order valence-corrected chi connectivity index (χ4v) is 5.07. The van der Waals surface area contributed by atoms with E-state index in [1.165, 1.54) is 28.3 Å². The van der Waals surface area contributed by atoms with Crippen LogP contribution in [0.1, 0.15) is 29.5 Å². The smallest absolute Gasteiger partial charge is 0.241 e. The number of carbonyl (C=O) groups excluding carboxylic acids is 1. The minimum absolute atomic E-state index is 0.163. The Labute approximate surface area is 146 Å². The fourth-order valence-electron chi connectivity index (χ4n) is 2.75. The number of fused-ring (bicyclic) bond motifs is 1. The number of benzene rings is 1. The zero-order chi connectivity index (χ0) is 17.3. The molecule has 128 valence electrons. The van der Waals surface area contributed by atoms with Crippen molar-refractivity contribution in [3.8, 4) is 0 Å². The fraction of sp³-hybridized carbons (Fsp3) is 0.412. The highest BCUT2D eigenvalue weighted by Gasteiger charge is 2.23. The summed E-state index contributed by atoms with van der Waals surface area (Å²) in [5, 5.41) is 3.14. The first-order valence-electron chi connectivity index (χ1n) is 7.91. The van der Waals surface area contributed by atoms with Crippen LogP contribution in [0.3, 0.4) is 0 Å². The molecular formula is C17H20N2O3S2. The number of hydrogen-bond acceptors (Lipinski definition) is 5. The van der Waals surface area contributed by atoms with Gasteiger partial charge < -0.3 is 5.32 Å². The molecule has 0 saturated heterocycles. The summed E-state index contributed by atoms with van der Waals surface area (Å²) in [4.78, 5) is 17.9. The molecule has 1 aromatic carbocycles. The van der Waals surface area contributed by atoms with Crippen molar-refractivity contribution in [3.05, 3.63) is 40.4 Å². The normalized spacial score (nSPS) is 17.3. The van der Waals surface area contributed by atoms with Crippen LogP contribution in [-0.2, 0) is 27.5 Å². The molecule has 2 aromatic rings. The van der Waals surface area contributed by atoms with Crippen molar-refractivity contribution >= 4 is 32.2 Å².